The van der Waals surface area contributed by atoms with Crippen molar-refractivity contribution in [2.24, 2.45) is 0 Å². The summed E-state index contributed by atoms with van der Waals surface area (Å²) in [6.45, 7) is 0.291. The zero-order valence-corrected chi connectivity index (χ0v) is 9.45. The molecule has 1 amide bonds. The summed E-state index contributed by atoms with van der Waals surface area (Å²) >= 11 is 3.25. The van der Waals surface area contributed by atoms with Gasteiger partial charge < -0.3 is 10.1 Å². The summed E-state index contributed by atoms with van der Waals surface area (Å²) in [5.41, 5.74) is 0. The highest BCUT2D eigenvalue weighted by atomic mass is 79.9. The van der Waals surface area contributed by atoms with E-state index in [0.29, 0.717) is 16.8 Å². The zero-order chi connectivity index (χ0) is 11.1. The largest absolute Gasteiger partial charge is 0.412 e. The van der Waals surface area contributed by atoms with E-state index in [1.165, 1.54) is 0 Å². The van der Waals surface area contributed by atoms with Crippen molar-refractivity contribution in [2.45, 2.75) is 6.42 Å². The van der Waals surface area contributed by atoms with Gasteiger partial charge in [-0.2, -0.15) is 5.26 Å². The smallest absolute Gasteiger partial charge is 0.409 e. The van der Waals surface area contributed by atoms with Crippen molar-refractivity contribution in [3.63, 3.8) is 0 Å². The van der Waals surface area contributed by atoms with Crippen LogP contribution < -0.4 is 10.1 Å². The van der Waals surface area contributed by atoms with Gasteiger partial charge in [-0.25, -0.2) is 4.79 Å². The second kappa shape index (κ2) is 6.04. The third-order valence-electron chi connectivity index (χ3n) is 1.55. The molecule has 0 fully saturated rings. The van der Waals surface area contributed by atoms with Gasteiger partial charge in [0.25, 0.3) is 0 Å². The van der Waals surface area contributed by atoms with Gasteiger partial charge in [0, 0.05) is 6.54 Å². The number of benzene rings is 1. The second-order valence-electron chi connectivity index (χ2n) is 2.65. The van der Waals surface area contributed by atoms with Gasteiger partial charge in [-0.1, -0.05) is 12.1 Å². The molecule has 5 heteroatoms. The van der Waals surface area contributed by atoms with Gasteiger partial charge in [0.05, 0.1) is 17.0 Å². The normalized spacial score (nSPS) is 9.07. The quantitative estimate of drug-likeness (QED) is 0.857. The van der Waals surface area contributed by atoms with Crippen molar-refractivity contribution in [1.29, 1.82) is 5.26 Å². The molecule has 1 aromatic carbocycles. The molecule has 0 aliphatic rings. The Morgan fingerprint density at radius 2 is 2.27 bits per heavy atom. The standard InChI is InChI=1S/C10H9BrN2O2/c11-8-4-1-2-5-9(8)15-10(14)13-7-3-6-12/h1-2,4-5H,3,7H2,(H,13,14). The minimum atomic E-state index is -0.558. The highest BCUT2D eigenvalue weighted by molar-refractivity contribution is 9.10. The minimum Gasteiger partial charge on any atom is -0.409 e. The zero-order valence-electron chi connectivity index (χ0n) is 7.87. The fraction of sp³-hybridized carbons (Fsp3) is 0.200. The fourth-order valence-corrected chi connectivity index (χ4v) is 1.25. The first-order valence-electron chi connectivity index (χ1n) is 4.31. The number of hydrogen-bond acceptors (Lipinski definition) is 3. The van der Waals surface area contributed by atoms with Gasteiger partial charge in [0.15, 0.2) is 0 Å². The van der Waals surface area contributed by atoms with Gasteiger partial charge in [-0.15, -0.1) is 0 Å². The topological polar surface area (TPSA) is 62.1 Å². The molecular weight excluding hydrogens is 260 g/mol. The number of carbonyl (C=O) groups is 1. The maximum atomic E-state index is 11.2. The molecule has 0 saturated heterocycles. The summed E-state index contributed by atoms with van der Waals surface area (Å²) in [5.74, 6) is 0.451. The lowest BCUT2D eigenvalue weighted by atomic mass is 10.3. The molecule has 0 aliphatic carbocycles. The van der Waals surface area contributed by atoms with E-state index < -0.39 is 6.09 Å². The Hall–Kier alpha value is -1.54. The van der Waals surface area contributed by atoms with Crippen LogP contribution >= 0.6 is 15.9 Å². The van der Waals surface area contributed by atoms with Gasteiger partial charge >= 0.3 is 6.09 Å². The van der Waals surface area contributed by atoms with Crippen LogP contribution in [0.4, 0.5) is 4.79 Å². The maximum absolute atomic E-state index is 11.2. The molecule has 0 unspecified atom stereocenters. The van der Waals surface area contributed by atoms with Crippen molar-refractivity contribution in [3.05, 3.63) is 28.7 Å². The monoisotopic (exact) mass is 268 g/mol. The van der Waals surface area contributed by atoms with Crippen molar-refractivity contribution < 1.29 is 9.53 Å². The number of hydrogen-bond donors (Lipinski definition) is 1. The molecule has 1 N–H and O–H groups in total. The molecule has 1 rings (SSSR count). The Balaban J connectivity index is 2.45. The van der Waals surface area contributed by atoms with E-state index in [0.717, 1.165) is 0 Å². The summed E-state index contributed by atoms with van der Waals surface area (Å²) in [4.78, 5) is 11.2. The molecule has 0 heterocycles. The summed E-state index contributed by atoms with van der Waals surface area (Å²) in [7, 11) is 0. The number of para-hydroxylation sites is 1. The van der Waals surface area contributed by atoms with E-state index in [1.807, 2.05) is 12.1 Å². The number of halogens is 1. The highest BCUT2D eigenvalue weighted by Gasteiger charge is 2.05. The highest BCUT2D eigenvalue weighted by Crippen LogP contribution is 2.23. The number of nitrogens with zero attached hydrogens (tertiary/aromatic N) is 1. The van der Waals surface area contributed by atoms with Crippen molar-refractivity contribution >= 4 is 22.0 Å². The molecule has 4 nitrogen and oxygen atoms in total. The van der Waals surface area contributed by atoms with Crippen LogP contribution in [0.15, 0.2) is 28.7 Å². The average molecular weight is 269 g/mol. The Morgan fingerprint density at radius 1 is 1.53 bits per heavy atom. The van der Waals surface area contributed by atoms with E-state index in [4.69, 9.17) is 10.00 Å². The summed E-state index contributed by atoms with van der Waals surface area (Å²) in [6, 6.07) is 8.96. The lowest BCUT2D eigenvalue weighted by Crippen LogP contribution is -2.27. The van der Waals surface area contributed by atoms with E-state index >= 15 is 0 Å². The lowest BCUT2D eigenvalue weighted by molar-refractivity contribution is 0.200. The molecule has 0 aliphatic heterocycles. The van der Waals surface area contributed by atoms with Gasteiger partial charge in [0.1, 0.15) is 5.75 Å². The van der Waals surface area contributed by atoms with Crippen LogP contribution in [-0.4, -0.2) is 12.6 Å². The summed E-state index contributed by atoms with van der Waals surface area (Å²) < 4.78 is 5.69. The first kappa shape index (κ1) is 11.5. The number of amides is 1. The Labute approximate surface area is 96.0 Å². The predicted octanol–water partition coefficient (Wildman–Crippen LogP) is 2.45. The van der Waals surface area contributed by atoms with E-state index in [-0.39, 0.29) is 6.42 Å². The SMILES string of the molecule is N#CCCNC(=O)Oc1ccccc1Br. The molecule has 0 radical (unpaired) electrons. The van der Waals surface area contributed by atoms with Gasteiger partial charge in [-0.05, 0) is 28.1 Å². The molecule has 0 atom stereocenters. The molecule has 15 heavy (non-hydrogen) atoms. The fourth-order valence-electron chi connectivity index (χ4n) is 0.884. The van der Waals surface area contributed by atoms with E-state index in [9.17, 15) is 4.79 Å². The van der Waals surface area contributed by atoms with Gasteiger partial charge in [-0.3, -0.25) is 0 Å². The number of nitriles is 1. The van der Waals surface area contributed by atoms with Crippen LogP contribution in [0.3, 0.4) is 0 Å². The van der Waals surface area contributed by atoms with E-state index in [1.54, 1.807) is 18.2 Å². The molecule has 0 spiro atoms. The van der Waals surface area contributed by atoms with Crippen LogP contribution in [0.25, 0.3) is 0 Å². The van der Waals surface area contributed by atoms with Crippen LogP contribution in [0.1, 0.15) is 6.42 Å². The second-order valence-corrected chi connectivity index (χ2v) is 3.51. The molecule has 78 valence electrons. The number of ether oxygens (including phenoxy) is 1. The van der Waals surface area contributed by atoms with Crippen molar-refractivity contribution in [1.82, 2.24) is 5.32 Å². The number of rotatable bonds is 3. The number of carbonyl (C=O) groups excluding carboxylic acids is 1. The molecule has 0 aromatic heterocycles. The number of nitrogens with one attached hydrogen (secondary N) is 1. The molecular formula is C10H9BrN2O2. The Bertz CT molecular complexity index is 387. The van der Waals surface area contributed by atoms with Crippen molar-refractivity contribution in [2.75, 3.05) is 6.54 Å². The Morgan fingerprint density at radius 3 is 2.93 bits per heavy atom. The first-order chi connectivity index (χ1) is 7.24. The predicted molar refractivity (Wildman–Crippen MR) is 58.4 cm³/mol. The average Bonchev–Trinajstić information content (AvgIpc) is 2.22. The van der Waals surface area contributed by atoms with Crippen LogP contribution in [0, 0.1) is 11.3 Å². The summed E-state index contributed by atoms with van der Waals surface area (Å²) in [5, 5.41) is 10.7. The first-order valence-corrected chi connectivity index (χ1v) is 5.10. The third kappa shape index (κ3) is 4.00. The van der Waals surface area contributed by atoms with Crippen LogP contribution in [0.5, 0.6) is 5.75 Å². The molecule has 0 saturated carbocycles. The minimum absolute atomic E-state index is 0.269. The third-order valence-corrected chi connectivity index (χ3v) is 2.20. The molecule has 0 bridgehead atoms. The van der Waals surface area contributed by atoms with Crippen LogP contribution in [-0.2, 0) is 0 Å². The molecule has 1 aromatic rings. The van der Waals surface area contributed by atoms with Crippen LogP contribution in [0.2, 0.25) is 0 Å². The Kier molecular flexibility index (Phi) is 4.64. The van der Waals surface area contributed by atoms with Crippen molar-refractivity contribution in [3.8, 4) is 11.8 Å². The van der Waals surface area contributed by atoms with E-state index in [2.05, 4.69) is 21.2 Å². The summed E-state index contributed by atoms with van der Waals surface area (Å²) in [6.07, 6.45) is -0.289. The lowest BCUT2D eigenvalue weighted by Gasteiger charge is -2.06. The maximum Gasteiger partial charge on any atom is 0.412 e. The van der Waals surface area contributed by atoms with Gasteiger partial charge in [0.2, 0.25) is 0 Å².